The van der Waals surface area contributed by atoms with Gasteiger partial charge in [0.15, 0.2) is 0 Å². The van der Waals surface area contributed by atoms with E-state index in [-0.39, 0.29) is 11.1 Å². The second kappa shape index (κ2) is 6.31. The Morgan fingerprint density at radius 1 is 1.45 bits per heavy atom. The molecule has 0 fully saturated rings. The number of aromatic nitrogens is 2. The van der Waals surface area contributed by atoms with E-state index >= 15 is 0 Å². The van der Waals surface area contributed by atoms with Crippen LogP contribution in [-0.4, -0.2) is 27.8 Å². The van der Waals surface area contributed by atoms with E-state index in [1.165, 1.54) is 6.07 Å². The molecule has 0 saturated carbocycles. The summed E-state index contributed by atoms with van der Waals surface area (Å²) in [4.78, 5) is 22.0. The maximum Gasteiger partial charge on any atom is 0.254 e. The minimum absolute atomic E-state index is 0.184. The Morgan fingerprint density at radius 2 is 2.25 bits per heavy atom. The lowest BCUT2D eigenvalue weighted by Gasteiger charge is -2.17. The third-order valence-electron chi connectivity index (χ3n) is 2.66. The van der Waals surface area contributed by atoms with Crippen LogP contribution in [-0.2, 0) is 6.54 Å². The second-order valence-electron chi connectivity index (χ2n) is 4.19. The first-order valence-corrected chi connectivity index (χ1v) is 6.27. The maximum atomic E-state index is 12.3. The number of halogens is 1. The molecule has 0 aliphatic carbocycles. The number of carbonyl (C=O) groups excluding carboxylic acids is 1. The van der Waals surface area contributed by atoms with Gasteiger partial charge in [0.2, 0.25) is 0 Å². The number of pyridine rings is 2. The molecule has 6 nitrogen and oxygen atoms in total. The average molecular weight is 292 g/mol. The summed E-state index contributed by atoms with van der Waals surface area (Å²) in [5, 5.41) is 0.204. The summed E-state index contributed by atoms with van der Waals surface area (Å²) in [5.41, 5.74) is 3.59. The molecule has 0 atom stereocenters. The molecule has 0 radical (unpaired) electrons. The van der Waals surface area contributed by atoms with E-state index in [1.807, 2.05) is 18.2 Å². The first-order chi connectivity index (χ1) is 9.60. The summed E-state index contributed by atoms with van der Waals surface area (Å²) in [5.74, 6) is 5.44. The zero-order chi connectivity index (χ0) is 14.5. The van der Waals surface area contributed by atoms with Gasteiger partial charge in [0.1, 0.15) is 11.0 Å². The van der Waals surface area contributed by atoms with Gasteiger partial charge in [-0.3, -0.25) is 9.78 Å². The third kappa shape index (κ3) is 3.43. The molecule has 2 heterocycles. The molecule has 0 bridgehead atoms. The Bertz CT molecular complexity index is 605. The molecule has 0 saturated heterocycles. The summed E-state index contributed by atoms with van der Waals surface area (Å²) in [7, 11) is 1.70. The van der Waals surface area contributed by atoms with Crippen molar-refractivity contribution in [1.82, 2.24) is 14.9 Å². The number of nitrogen functional groups attached to an aromatic ring is 1. The van der Waals surface area contributed by atoms with E-state index in [0.717, 1.165) is 5.69 Å². The molecule has 104 valence electrons. The van der Waals surface area contributed by atoms with Crippen molar-refractivity contribution in [2.75, 3.05) is 12.5 Å². The molecule has 1 amide bonds. The van der Waals surface area contributed by atoms with Gasteiger partial charge >= 0.3 is 0 Å². The van der Waals surface area contributed by atoms with Crippen molar-refractivity contribution in [2.45, 2.75) is 6.54 Å². The summed E-state index contributed by atoms with van der Waals surface area (Å²) in [6.45, 7) is 0.408. The first-order valence-electron chi connectivity index (χ1n) is 5.89. The maximum absolute atomic E-state index is 12.3. The zero-order valence-electron chi connectivity index (χ0n) is 10.9. The van der Waals surface area contributed by atoms with Crippen molar-refractivity contribution in [3.63, 3.8) is 0 Å². The van der Waals surface area contributed by atoms with E-state index in [9.17, 15) is 4.79 Å². The van der Waals surface area contributed by atoms with Gasteiger partial charge in [0.05, 0.1) is 12.2 Å². The normalized spacial score (nSPS) is 10.2. The highest BCUT2D eigenvalue weighted by Gasteiger charge is 2.14. The number of carbonyl (C=O) groups is 1. The van der Waals surface area contributed by atoms with Crippen molar-refractivity contribution in [1.29, 1.82) is 0 Å². The fraction of sp³-hybridized carbons (Fsp3) is 0.154. The molecule has 2 aromatic rings. The van der Waals surface area contributed by atoms with Crippen LogP contribution in [0.25, 0.3) is 0 Å². The Kier molecular flexibility index (Phi) is 4.49. The lowest BCUT2D eigenvalue weighted by molar-refractivity contribution is 0.0783. The van der Waals surface area contributed by atoms with E-state index in [0.29, 0.717) is 17.9 Å². The van der Waals surface area contributed by atoms with Crippen LogP contribution in [0.3, 0.4) is 0 Å². The minimum Gasteiger partial charge on any atom is -0.336 e. The van der Waals surface area contributed by atoms with E-state index < -0.39 is 0 Å². The monoisotopic (exact) mass is 291 g/mol. The van der Waals surface area contributed by atoms with Gasteiger partial charge in [-0.05, 0) is 24.3 Å². The molecule has 0 aromatic carbocycles. The first kappa shape index (κ1) is 14.2. The van der Waals surface area contributed by atoms with Gasteiger partial charge in [-0.15, -0.1) is 0 Å². The number of rotatable bonds is 4. The third-order valence-corrected chi connectivity index (χ3v) is 2.85. The molecule has 0 aliphatic heterocycles. The molecule has 7 heteroatoms. The average Bonchev–Trinajstić information content (AvgIpc) is 2.46. The van der Waals surface area contributed by atoms with Gasteiger partial charge in [-0.2, -0.15) is 0 Å². The number of hydrazine groups is 1. The highest BCUT2D eigenvalue weighted by molar-refractivity contribution is 6.29. The van der Waals surface area contributed by atoms with Gasteiger partial charge in [0, 0.05) is 18.8 Å². The van der Waals surface area contributed by atoms with Gasteiger partial charge < -0.3 is 10.3 Å². The number of nitrogens with zero attached hydrogens (tertiary/aromatic N) is 3. The minimum atomic E-state index is -0.184. The van der Waals surface area contributed by atoms with Crippen LogP contribution in [0.5, 0.6) is 0 Å². The predicted molar refractivity (Wildman–Crippen MR) is 77.1 cm³/mol. The van der Waals surface area contributed by atoms with Crippen molar-refractivity contribution in [2.24, 2.45) is 5.84 Å². The van der Waals surface area contributed by atoms with Gasteiger partial charge in [0.25, 0.3) is 5.91 Å². The Morgan fingerprint density at radius 3 is 2.90 bits per heavy atom. The Balaban J connectivity index is 2.16. The number of amides is 1. The largest absolute Gasteiger partial charge is 0.336 e. The van der Waals surface area contributed by atoms with Crippen LogP contribution in [0.4, 0.5) is 5.82 Å². The number of nitrogens with two attached hydrogens (primary N) is 1. The summed E-state index contributed by atoms with van der Waals surface area (Å²) in [6, 6.07) is 8.60. The van der Waals surface area contributed by atoms with E-state index in [4.69, 9.17) is 17.4 Å². The van der Waals surface area contributed by atoms with Crippen LogP contribution >= 0.6 is 11.6 Å². The van der Waals surface area contributed by atoms with Crippen LogP contribution in [0, 0.1) is 0 Å². The van der Waals surface area contributed by atoms with Gasteiger partial charge in [-0.1, -0.05) is 17.7 Å². The fourth-order valence-electron chi connectivity index (χ4n) is 1.72. The molecule has 0 unspecified atom stereocenters. The molecule has 0 aliphatic rings. The topological polar surface area (TPSA) is 84.1 Å². The highest BCUT2D eigenvalue weighted by atomic mass is 35.5. The summed E-state index contributed by atoms with van der Waals surface area (Å²) >= 11 is 5.85. The quantitative estimate of drug-likeness (QED) is 0.509. The zero-order valence-corrected chi connectivity index (χ0v) is 11.6. The molecular formula is C13H14ClN5O. The number of hydrogen-bond donors (Lipinski definition) is 2. The van der Waals surface area contributed by atoms with E-state index in [1.54, 1.807) is 24.2 Å². The van der Waals surface area contributed by atoms with Gasteiger partial charge in [-0.25, -0.2) is 10.8 Å². The van der Waals surface area contributed by atoms with E-state index in [2.05, 4.69) is 15.4 Å². The molecule has 20 heavy (non-hydrogen) atoms. The van der Waals surface area contributed by atoms with Crippen molar-refractivity contribution in [3.8, 4) is 0 Å². The number of hydrogen-bond acceptors (Lipinski definition) is 5. The predicted octanol–water partition coefficient (Wildman–Crippen LogP) is 1.69. The van der Waals surface area contributed by atoms with Crippen molar-refractivity contribution < 1.29 is 4.79 Å². The molecule has 2 aromatic heterocycles. The molecule has 2 rings (SSSR count). The van der Waals surface area contributed by atoms with Crippen molar-refractivity contribution in [3.05, 3.63) is 52.9 Å². The second-order valence-corrected chi connectivity index (χ2v) is 4.58. The van der Waals surface area contributed by atoms with Crippen molar-refractivity contribution >= 4 is 23.3 Å². The number of anilines is 1. The van der Waals surface area contributed by atoms with Crippen LogP contribution in [0.2, 0.25) is 5.15 Å². The number of nitrogens with one attached hydrogen (secondary N) is 1. The summed E-state index contributed by atoms with van der Waals surface area (Å²) in [6.07, 6.45) is 1.69. The van der Waals surface area contributed by atoms with Crippen LogP contribution < -0.4 is 11.3 Å². The lowest BCUT2D eigenvalue weighted by atomic mass is 10.2. The Hall–Kier alpha value is -2.18. The molecule has 3 N–H and O–H groups in total. The van der Waals surface area contributed by atoms with Crippen LogP contribution in [0.15, 0.2) is 36.5 Å². The van der Waals surface area contributed by atoms with Crippen LogP contribution in [0.1, 0.15) is 16.1 Å². The Labute approximate surface area is 121 Å². The smallest absolute Gasteiger partial charge is 0.254 e. The fourth-order valence-corrected chi connectivity index (χ4v) is 1.93. The SMILES string of the molecule is CN(Cc1ccccn1)C(=O)c1cc(Cl)nc(NN)c1. The molecule has 0 spiro atoms. The lowest BCUT2D eigenvalue weighted by Crippen LogP contribution is -2.27. The summed E-state index contributed by atoms with van der Waals surface area (Å²) < 4.78 is 0. The highest BCUT2D eigenvalue weighted by Crippen LogP contribution is 2.16. The molecular weight excluding hydrogens is 278 g/mol. The standard InChI is InChI=1S/C13H14ClN5O/c1-19(8-10-4-2-3-5-16-10)13(20)9-6-11(14)17-12(7-9)18-15/h2-7H,8,15H2,1H3,(H,17,18).